The predicted octanol–water partition coefficient (Wildman–Crippen LogP) is 2.55. The third-order valence-corrected chi connectivity index (χ3v) is 5.43. The van der Waals surface area contributed by atoms with Crippen LogP contribution in [0.1, 0.15) is 30.4 Å². The van der Waals surface area contributed by atoms with E-state index in [1.165, 1.54) is 12.4 Å². The minimum absolute atomic E-state index is 0.0134. The van der Waals surface area contributed by atoms with Gasteiger partial charge in [0.15, 0.2) is 5.65 Å². The number of fused-ring (bicyclic) bond motifs is 2. The molecule has 28 heavy (non-hydrogen) atoms. The highest BCUT2D eigenvalue weighted by Crippen LogP contribution is 2.31. The Kier molecular flexibility index (Phi) is 4.07. The summed E-state index contributed by atoms with van der Waals surface area (Å²) in [6.45, 7) is 0.821. The molecule has 2 aromatic heterocycles. The molecule has 2 aliphatic rings. The second-order valence-corrected chi connectivity index (χ2v) is 7.09. The summed E-state index contributed by atoms with van der Waals surface area (Å²) in [5, 5.41) is 14.1. The molecule has 5 rings (SSSR count). The van der Waals surface area contributed by atoms with Crippen molar-refractivity contribution in [1.82, 2.24) is 19.6 Å². The Morgan fingerprint density at radius 1 is 1.36 bits per heavy atom. The Morgan fingerprint density at radius 2 is 2.25 bits per heavy atom. The highest BCUT2D eigenvalue weighted by atomic mass is 19.1. The SMILES string of the molecule is O=C(Nc1cnc(NCc2c(F)ccc3c2CCO3)n2cnnc12)C1CCC1. The first-order chi connectivity index (χ1) is 13.7. The largest absolute Gasteiger partial charge is 0.493 e. The molecule has 1 aromatic carbocycles. The summed E-state index contributed by atoms with van der Waals surface area (Å²) in [6, 6.07) is 3.08. The number of ether oxygens (including phenoxy) is 1. The zero-order chi connectivity index (χ0) is 19.1. The molecule has 144 valence electrons. The number of halogens is 1. The second-order valence-electron chi connectivity index (χ2n) is 7.09. The zero-order valence-electron chi connectivity index (χ0n) is 15.1. The predicted molar refractivity (Wildman–Crippen MR) is 99.7 cm³/mol. The monoisotopic (exact) mass is 382 g/mol. The van der Waals surface area contributed by atoms with Crippen LogP contribution in [0.5, 0.6) is 5.75 Å². The van der Waals surface area contributed by atoms with Gasteiger partial charge in [-0.1, -0.05) is 6.42 Å². The maximum Gasteiger partial charge on any atom is 0.227 e. The van der Waals surface area contributed by atoms with Crippen LogP contribution in [0.4, 0.5) is 16.0 Å². The lowest BCUT2D eigenvalue weighted by Crippen LogP contribution is -2.28. The summed E-state index contributed by atoms with van der Waals surface area (Å²) in [7, 11) is 0. The first-order valence-corrected chi connectivity index (χ1v) is 9.37. The Labute approximate surface area is 160 Å². The van der Waals surface area contributed by atoms with Crippen molar-refractivity contribution in [1.29, 1.82) is 0 Å². The number of amides is 1. The smallest absolute Gasteiger partial charge is 0.227 e. The van der Waals surface area contributed by atoms with E-state index in [2.05, 4.69) is 25.8 Å². The van der Waals surface area contributed by atoms with Gasteiger partial charge < -0.3 is 15.4 Å². The molecule has 0 saturated heterocycles. The van der Waals surface area contributed by atoms with Crippen molar-refractivity contribution in [2.24, 2.45) is 5.92 Å². The van der Waals surface area contributed by atoms with Crippen molar-refractivity contribution >= 4 is 23.2 Å². The van der Waals surface area contributed by atoms with Crippen LogP contribution < -0.4 is 15.4 Å². The summed E-state index contributed by atoms with van der Waals surface area (Å²) in [5.74, 6) is 0.972. The fraction of sp³-hybridized carbons (Fsp3) is 0.368. The van der Waals surface area contributed by atoms with Gasteiger partial charge in [0, 0.05) is 30.0 Å². The highest BCUT2D eigenvalue weighted by molar-refractivity contribution is 5.96. The van der Waals surface area contributed by atoms with Gasteiger partial charge in [-0.25, -0.2) is 13.8 Å². The van der Waals surface area contributed by atoms with Crippen LogP contribution in [0.2, 0.25) is 0 Å². The van der Waals surface area contributed by atoms with Gasteiger partial charge >= 0.3 is 0 Å². The number of hydrogen-bond acceptors (Lipinski definition) is 6. The molecule has 0 unspecified atom stereocenters. The lowest BCUT2D eigenvalue weighted by Gasteiger charge is -2.24. The summed E-state index contributed by atoms with van der Waals surface area (Å²) in [6.07, 6.45) is 6.67. The number of rotatable bonds is 5. The van der Waals surface area contributed by atoms with E-state index in [0.29, 0.717) is 35.9 Å². The lowest BCUT2D eigenvalue weighted by atomic mass is 9.85. The fourth-order valence-corrected chi connectivity index (χ4v) is 3.62. The molecular formula is C19H19FN6O2. The molecule has 1 saturated carbocycles. The Bertz CT molecular complexity index is 1060. The molecule has 1 aliphatic carbocycles. The molecule has 0 bridgehead atoms. The molecule has 1 aliphatic heterocycles. The van der Waals surface area contributed by atoms with Crippen LogP contribution in [0.15, 0.2) is 24.7 Å². The molecule has 0 spiro atoms. The normalized spacial score (nSPS) is 15.8. The number of nitrogens with one attached hydrogen (secondary N) is 2. The topological polar surface area (TPSA) is 93.4 Å². The van der Waals surface area contributed by atoms with Crippen LogP contribution in [0.25, 0.3) is 5.65 Å². The number of carbonyl (C=O) groups excluding carboxylic acids is 1. The van der Waals surface area contributed by atoms with Crippen molar-refractivity contribution in [3.63, 3.8) is 0 Å². The summed E-state index contributed by atoms with van der Waals surface area (Å²) in [5.41, 5.74) is 2.46. The van der Waals surface area contributed by atoms with Crippen molar-refractivity contribution in [3.8, 4) is 5.75 Å². The molecule has 0 atom stereocenters. The first-order valence-electron chi connectivity index (χ1n) is 9.37. The van der Waals surface area contributed by atoms with E-state index in [0.717, 1.165) is 30.6 Å². The van der Waals surface area contributed by atoms with E-state index >= 15 is 0 Å². The molecular weight excluding hydrogens is 363 g/mol. The van der Waals surface area contributed by atoms with Gasteiger partial charge in [0.25, 0.3) is 0 Å². The van der Waals surface area contributed by atoms with E-state index < -0.39 is 0 Å². The van der Waals surface area contributed by atoms with E-state index in [4.69, 9.17) is 4.74 Å². The van der Waals surface area contributed by atoms with Crippen molar-refractivity contribution in [2.75, 3.05) is 17.2 Å². The number of aromatic nitrogens is 4. The number of benzene rings is 1. The van der Waals surface area contributed by atoms with Crippen LogP contribution in [0.3, 0.4) is 0 Å². The molecule has 1 amide bonds. The molecule has 3 heterocycles. The third kappa shape index (κ3) is 2.83. The van der Waals surface area contributed by atoms with Crippen LogP contribution >= 0.6 is 0 Å². The van der Waals surface area contributed by atoms with E-state index in [9.17, 15) is 9.18 Å². The number of carbonyl (C=O) groups is 1. The second kappa shape index (κ2) is 6.74. The summed E-state index contributed by atoms with van der Waals surface area (Å²) in [4.78, 5) is 16.6. The standard InChI is InChI=1S/C19H19FN6O2/c20-14-4-5-16-12(6-7-28-16)13(14)8-21-19-22-9-15(17-25-23-10-26(17)19)24-18(27)11-2-1-3-11/h4-5,9-11H,1-3,6-8H2,(H,21,22)(H,24,27). The average molecular weight is 382 g/mol. The fourth-order valence-electron chi connectivity index (χ4n) is 3.62. The molecule has 3 aromatic rings. The van der Waals surface area contributed by atoms with Gasteiger partial charge in [0.2, 0.25) is 11.9 Å². The van der Waals surface area contributed by atoms with Crippen LogP contribution in [0, 0.1) is 11.7 Å². The molecule has 9 heteroatoms. The van der Waals surface area contributed by atoms with E-state index in [-0.39, 0.29) is 24.2 Å². The lowest BCUT2D eigenvalue weighted by molar-refractivity contribution is -0.122. The van der Waals surface area contributed by atoms with E-state index in [1.54, 1.807) is 16.7 Å². The van der Waals surface area contributed by atoms with Crippen molar-refractivity contribution in [2.45, 2.75) is 32.2 Å². The average Bonchev–Trinajstić information content (AvgIpc) is 3.30. The third-order valence-electron chi connectivity index (χ3n) is 5.43. The Hall–Kier alpha value is -3.23. The van der Waals surface area contributed by atoms with Gasteiger partial charge in [0.1, 0.15) is 23.6 Å². The maximum absolute atomic E-state index is 14.3. The van der Waals surface area contributed by atoms with Gasteiger partial charge in [-0.15, -0.1) is 10.2 Å². The van der Waals surface area contributed by atoms with Gasteiger partial charge in [-0.2, -0.15) is 0 Å². The van der Waals surface area contributed by atoms with Crippen LogP contribution in [-0.4, -0.2) is 32.1 Å². The number of hydrogen-bond donors (Lipinski definition) is 2. The summed E-state index contributed by atoms with van der Waals surface area (Å²) < 4.78 is 21.5. The number of anilines is 2. The molecule has 8 nitrogen and oxygen atoms in total. The van der Waals surface area contributed by atoms with Crippen molar-refractivity contribution < 1.29 is 13.9 Å². The van der Waals surface area contributed by atoms with E-state index in [1.807, 2.05) is 0 Å². The molecule has 1 fully saturated rings. The Morgan fingerprint density at radius 3 is 3.07 bits per heavy atom. The minimum atomic E-state index is -0.277. The number of nitrogens with zero attached hydrogens (tertiary/aromatic N) is 4. The minimum Gasteiger partial charge on any atom is -0.493 e. The molecule has 0 radical (unpaired) electrons. The quantitative estimate of drug-likeness (QED) is 0.704. The maximum atomic E-state index is 14.3. The Balaban J connectivity index is 1.39. The van der Waals surface area contributed by atoms with Crippen molar-refractivity contribution in [3.05, 3.63) is 41.6 Å². The zero-order valence-corrected chi connectivity index (χ0v) is 15.1. The highest BCUT2D eigenvalue weighted by Gasteiger charge is 2.26. The van der Waals surface area contributed by atoms with Gasteiger partial charge in [0.05, 0.1) is 12.8 Å². The summed E-state index contributed by atoms with van der Waals surface area (Å²) >= 11 is 0. The van der Waals surface area contributed by atoms with Gasteiger partial charge in [-0.05, 0) is 25.0 Å². The molecule has 2 N–H and O–H groups in total. The first kappa shape index (κ1) is 16.9. The van der Waals surface area contributed by atoms with Gasteiger partial charge in [-0.3, -0.25) is 4.79 Å². The van der Waals surface area contributed by atoms with Crippen LogP contribution in [-0.2, 0) is 17.8 Å².